The first-order valence-corrected chi connectivity index (χ1v) is 8.99. The number of amides is 1. The van der Waals surface area contributed by atoms with Gasteiger partial charge in [-0.05, 0) is 63.5 Å². The number of hydrogen-bond donors (Lipinski definition) is 1. The number of rotatable bonds is 4. The van der Waals surface area contributed by atoms with Gasteiger partial charge < -0.3 is 10.2 Å². The van der Waals surface area contributed by atoms with Gasteiger partial charge in [0, 0.05) is 17.4 Å². The standard InChI is InChI=1S/C17H29BrN2O/c1-14-7-15(2)9-16(8-14,12-17(18,10-14)11-15)13(21)19-5-6-20(3)4/h5-12H2,1-4H3,(H,19,21)/t14-,15-,16?,17?/m1/s1. The zero-order valence-electron chi connectivity index (χ0n) is 13.9. The Morgan fingerprint density at radius 1 is 1.05 bits per heavy atom. The van der Waals surface area contributed by atoms with Crippen LogP contribution in [0.3, 0.4) is 0 Å². The van der Waals surface area contributed by atoms with E-state index in [1.54, 1.807) is 0 Å². The third kappa shape index (κ3) is 2.78. The van der Waals surface area contributed by atoms with Crippen LogP contribution in [0, 0.1) is 16.2 Å². The maximum Gasteiger partial charge on any atom is 0.226 e. The Balaban J connectivity index is 1.79. The van der Waals surface area contributed by atoms with Crippen molar-refractivity contribution < 1.29 is 4.79 Å². The molecule has 2 atom stereocenters. The molecule has 0 aromatic carbocycles. The second-order valence-electron chi connectivity index (χ2n) is 9.17. The number of hydrogen-bond acceptors (Lipinski definition) is 2. The van der Waals surface area contributed by atoms with Gasteiger partial charge in [0.05, 0.1) is 5.41 Å². The molecule has 0 heterocycles. The summed E-state index contributed by atoms with van der Waals surface area (Å²) in [6.07, 6.45) is 6.96. The molecule has 21 heavy (non-hydrogen) atoms. The highest BCUT2D eigenvalue weighted by Crippen LogP contribution is 2.72. The molecule has 0 aromatic rings. The minimum absolute atomic E-state index is 0.131. The molecule has 0 aromatic heterocycles. The molecule has 4 saturated carbocycles. The van der Waals surface area contributed by atoms with Gasteiger partial charge in [-0.15, -0.1) is 0 Å². The molecular formula is C17H29BrN2O. The van der Waals surface area contributed by atoms with Crippen molar-refractivity contribution in [2.45, 2.75) is 56.7 Å². The second-order valence-corrected chi connectivity index (χ2v) is 10.9. The first kappa shape index (κ1) is 15.8. The van der Waals surface area contributed by atoms with Crippen molar-refractivity contribution >= 4 is 21.8 Å². The fourth-order valence-corrected chi connectivity index (χ4v) is 8.26. The van der Waals surface area contributed by atoms with Gasteiger partial charge in [-0.2, -0.15) is 0 Å². The number of alkyl halides is 1. The molecule has 4 aliphatic carbocycles. The van der Waals surface area contributed by atoms with Crippen molar-refractivity contribution in [1.29, 1.82) is 0 Å². The van der Waals surface area contributed by atoms with Gasteiger partial charge in [0.2, 0.25) is 5.91 Å². The first-order chi connectivity index (χ1) is 9.58. The van der Waals surface area contributed by atoms with E-state index in [4.69, 9.17) is 0 Å². The normalized spacial score (nSPS) is 47.9. The highest BCUT2D eigenvalue weighted by Gasteiger charge is 2.67. The molecule has 4 aliphatic rings. The van der Waals surface area contributed by atoms with E-state index in [2.05, 4.69) is 40.0 Å². The summed E-state index contributed by atoms with van der Waals surface area (Å²) in [6.45, 7) is 6.48. The SMILES string of the molecule is CN(C)CCNC(=O)C12CC3(Br)C[C@@](C)(C1)C[C@@](C)(C3)C2. The molecule has 4 rings (SSSR count). The van der Waals surface area contributed by atoms with E-state index in [0.717, 1.165) is 32.4 Å². The van der Waals surface area contributed by atoms with Crippen molar-refractivity contribution in [2.24, 2.45) is 16.2 Å². The number of likely N-dealkylation sites (N-methyl/N-ethyl adjacent to an activating group) is 1. The summed E-state index contributed by atoms with van der Waals surface area (Å²) in [6, 6.07) is 0. The zero-order valence-corrected chi connectivity index (χ0v) is 15.5. The van der Waals surface area contributed by atoms with Gasteiger partial charge in [0.15, 0.2) is 0 Å². The Kier molecular flexibility index (Phi) is 3.54. The van der Waals surface area contributed by atoms with E-state index in [1.807, 2.05) is 14.1 Å². The predicted molar refractivity (Wildman–Crippen MR) is 89.6 cm³/mol. The van der Waals surface area contributed by atoms with Gasteiger partial charge in [0.1, 0.15) is 0 Å². The van der Waals surface area contributed by atoms with Crippen LogP contribution < -0.4 is 5.32 Å². The Hall–Kier alpha value is -0.0900. The zero-order chi connectivity index (χ0) is 15.5. The molecule has 0 saturated heterocycles. The highest BCUT2D eigenvalue weighted by atomic mass is 79.9. The Morgan fingerprint density at radius 2 is 1.62 bits per heavy atom. The van der Waals surface area contributed by atoms with E-state index in [-0.39, 0.29) is 9.74 Å². The predicted octanol–water partition coefficient (Wildman–Crippen LogP) is 3.18. The molecule has 4 heteroatoms. The quantitative estimate of drug-likeness (QED) is 0.784. The van der Waals surface area contributed by atoms with Crippen molar-refractivity contribution in [3.8, 4) is 0 Å². The van der Waals surface area contributed by atoms with E-state index >= 15 is 0 Å². The van der Waals surface area contributed by atoms with Crippen LogP contribution in [0.4, 0.5) is 0 Å². The lowest BCUT2D eigenvalue weighted by molar-refractivity contribution is -0.163. The summed E-state index contributed by atoms with van der Waals surface area (Å²) in [5, 5.41) is 3.22. The molecule has 0 aliphatic heterocycles. The number of halogens is 1. The van der Waals surface area contributed by atoms with Gasteiger partial charge in [-0.1, -0.05) is 29.8 Å². The Morgan fingerprint density at radius 3 is 2.10 bits per heavy atom. The molecule has 4 fully saturated rings. The molecule has 3 nitrogen and oxygen atoms in total. The van der Waals surface area contributed by atoms with Crippen LogP contribution >= 0.6 is 15.9 Å². The van der Waals surface area contributed by atoms with Crippen molar-refractivity contribution in [3.63, 3.8) is 0 Å². The Bertz CT molecular complexity index is 408. The summed E-state index contributed by atoms with van der Waals surface area (Å²) in [4.78, 5) is 15.1. The maximum absolute atomic E-state index is 13.0. The van der Waals surface area contributed by atoms with Gasteiger partial charge >= 0.3 is 0 Å². The van der Waals surface area contributed by atoms with Gasteiger partial charge in [-0.3, -0.25) is 4.79 Å². The molecule has 0 radical (unpaired) electrons. The third-order valence-electron chi connectivity index (χ3n) is 5.85. The van der Waals surface area contributed by atoms with Crippen LogP contribution in [0.5, 0.6) is 0 Å². The van der Waals surface area contributed by atoms with Crippen LogP contribution in [-0.4, -0.2) is 42.3 Å². The molecule has 120 valence electrons. The van der Waals surface area contributed by atoms with Crippen molar-refractivity contribution in [2.75, 3.05) is 27.2 Å². The monoisotopic (exact) mass is 356 g/mol. The summed E-state index contributed by atoms with van der Waals surface area (Å²) >= 11 is 4.03. The third-order valence-corrected chi connectivity index (χ3v) is 6.69. The van der Waals surface area contributed by atoms with E-state index in [9.17, 15) is 4.79 Å². The van der Waals surface area contributed by atoms with Crippen LogP contribution in [0.15, 0.2) is 0 Å². The van der Waals surface area contributed by atoms with E-state index in [1.165, 1.54) is 19.3 Å². The average molecular weight is 357 g/mol. The number of nitrogens with zero attached hydrogens (tertiary/aromatic N) is 1. The smallest absolute Gasteiger partial charge is 0.226 e. The van der Waals surface area contributed by atoms with Crippen molar-refractivity contribution in [1.82, 2.24) is 10.2 Å². The molecular weight excluding hydrogens is 328 g/mol. The van der Waals surface area contributed by atoms with E-state index < -0.39 is 0 Å². The molecule has 1 amide bonds. The molecule has 0 spiro atoms. The second kappa shape index (κ2) is 4.70. The summed E-state index contributed by atoms with van der Waals surface area (Å²) in [7, 11) is 4.10. The molecule has 4 bridgehead atoms. The van der Waals surface area contributed by atoms with Crippen LogP contribution in [0.2, 0.25) is 0 Å². The molecule has 0 unspecified atom stereocenters. The maximum atomic E-state index is 13.0. The van der Waals surface area contributed by atoms with Gasteiger partial charge in [-0.25, -0.2) is 0 Å². The van der Waals surface area contributed by atoms with Crippen LogP contribution in [-0.2, 0) is 4.79 Å². The van der Waals surface area contributed by atoms with Crippen LogP contribution in [0.1, 0.15) is 52.4 Å². The number of carbonyl (C=O) groups excluding carboxylic acids is 1. The largest absolute Gasteiger partial charge is 0.354 e. The summed E-state index contributed by atoms with van der Waals surface area (Å²) in [5.41, 5.74) is 0.547. The first-order valence-electron chi connectivity index (χ1n) is 8.20. The summed E-state index contributed by atoms with van der Waals surface area (Å²) in [5.74, 6) is 0.310. The molecule has 1 N–H and O–H groups in total. The van der Waals surface area contributed by atoms with Crippen molar-refractivity contribution in [3.05, 3.63) is 0 Å². The van der Waals surface area contributed by atoms with Crippen LogP contribution in [0.25, 0.3) is 0 Å². The lowest BCUT2D eigenvalue weighted by Crippen LogP contribution is -2.64. The summed E-state index contributed by atoms with van der Waals surface area (Å²) < 4.78 is 0.199. The number of carbonyl (C=O) groups is 1. The van der Waals surface area contributed by atoms with Gasteiger partial charge in [0.25, 0.3) is 0 Å². The number of nitrogens with one attached hydrogen (secondary N) is 1. The fraction of sp³-hybridized carbons (Fsp3) is 0.941. The van der Waals surface area contributed by atoms with E-state index in [0.29, 0.717) is 16.7 Å². The minimum Gasteiger partial charge on any atom is -0.354 e. The lowest BCUT2D eigenvalue weighted by Gasteiger charge is -2.67. The minimum atomic E-state index is -0.131. The fourth-order valence-electron chi connectivity index (χ4n) is 6.37. The topological polar surface area (TPSA) is 32.3 Å². The average Bonchev–Trinajstić information content (AvgIpc) is 2.21. The lowest BCUT2D eigenvalue weighted by atomic mass is 9.40. The Labute approximate surface area is 137 Å². The highest BCUT2D eigenvalue weighted by molar-refractivity contribution is 9.10.